The van der Waals surface area contributed by atoms with E-state index in [4.69, 9.17) is 0 Å². The minimum absolute atomic E-state index is 0.127. The molecule has 130 valence electrons. The smallest absolute Gasteiger partial charge is 0.262 e. The van der Waals surface area contributed by atoms with Crippen LogP contribution in [0.4, 0.5) is 0 Å². The molecule has 1 aliphatic heterocycles. The first-order valence-electron chi connectivity index (χ1n) is 8.35. The Morgan fingerprint density at radius 2 is 2.04 bits per heavy atom. The number of aryl methyl sites for hydroxylation is 1. The number of nitrogens with zero attached hydrogens (tertiary/aromatic N) is 4. The van der Waals surface area contributed by atoms with Crippen LogP contribution in [0, 0.1) is 5.92 Å². The van der Waals surface area contributed by atoms with Gasteiger partial charge in [0.15, 0.2) is 5.03 Å². The van der Waals surface area contributed by atoms with Crippen LogP contribution in [-0.2, 0) is 23.5 Å². The molecule has 0 amide bonds. The summed E-state index contributed by atoms with van der Waals surface area (Å²) in [4.78, 5) is 8.50. The zero-order valence-corrected chi connectivity index (χ0v) is 14.9. The number of fused-ring (bicyclic) bond motifs is 1. The third kappa shape index (κ3) is 3.05. The fourth-order valence-corrected chi connectivity index (χ4v) is 4.98. The number of benzene rings is 1. The van der Waals surface area contributed by atoms with Gasteiger partial charge in [-0.05, 0) is 30.4 Å². The monoisotopic (exact) mass is 356 g/mol. The predicted octanol–water partition coefficient (Wildman–Crippen LogP) is 2.22. The molecule has 1 aliphatic rings. The number of sulfonamides is 1. The van der Waals surface area contributed by atoms with Crippen LogP contribution in [0.3, 0.4) is 0 Å². The Kier molecular flexibility index (Phi) is 4.05. The summed E-state index contributed by atoms with van der Waals surface area (Å²) in [5, 5.41) is 1.25. The molecule has 0 spiro atoms. The quantitative estimate of drug-likeness (QED) is 0.719. The molecule has 0 radical (unpaired) electrons. The highest BCUT2D eigenvalue weighted by Crippen LogP contribution is 2.28. The molecule has 2 aromatic heterocycles. The van der Waals surface area contributed by atoms with Crippen molar-refractivity contribution in [2.75, 3.05) is 13.1 Å². The highest BCUT2D eigenvalue weighted by atomic mass is 32.2. The standard InChI is InChI=1S/C18H20N4O2S/c1-21-12-17(20-13-21)25(23,24)22-9-7-14(11-22)10-16-5-2-4-15-6-3-8-19-18(15)16/h2-6,8,12-14H,7,9-11H2,1H3/t14-/m1/s1. The number of para-hydroxylation sites is 1. The van der Waals surface area contributed by atoms with Gasteiger partial charge in [0, 0.05) is 37.9 Å². The first-order chi connectivity index (χ1) is 12.0. The second-order valence-corrected chi connectivity index (χ2v) is 8.48. The lowest BCUT2D eigenvalue weighted by Gasteiger charge is -2.15. The lowest BCUT2D eigenvalue weighted by molar-refractivity contribution is 0.454. The molecule has 0 N–H and O–H groups in total. The average Bonchev–Trinajstić information content (AvgIpc) is 3.25. The Balaban J connectivity index is 1.53. The highest BCUT2D eigenvalue weighted by Gasteiger charge is 2.34. The van der Waals surface area contributed by atoms with Crippen LogP contribution in [0.25, 0.3) is 10.9 Å². The van der Waals surface area contributed by atoms with Gasteiger partial charge in [-0.3, -0.25) is 4.98 Å². The van der Waals surface area contributed by atoms with Crippen molar-refractivity contribution in [2.24, 2.45) is 13.0 Å². The Bertz CT molecular complexity index is 1010. The minimum atomic E-state index is -3.50. The zero-order chi connectivity index (χ0) is 17.4. The molecule has 0 bridgehead atoms. The largest absolute Gasteiger partial charge is 0.339 e. The van der Waals surface area contributed by atoms with Gasteiger partial charge in [0.1, 0.15) is 0 Å². The molecule has 0 unspecified atom stereocenters. The molecule has 25 heavy (non-hydrogen) atoms. The van der Waals surface area contributed by atoms with Gasteiger partial charge < -0.3 is 4.57 Å². The minimum Gasteiger partial charge on any atom is -0.339 e. The van der Waals surface area contributed by atoms with Crippen molar-refractivity contribution in [1.82, 2.24) is 18.8 Å². The lowest BCUT2D eigenvalue weighted by Crippen LogP contribution is -2.29. The van der Waals surface area contributed by atoms with E-state index in [2.05, 4.69) is 28.2 Å². The van der Waals surface area contributed by atoms with Gasteiger partial charge in [0.05, 0.1) is 11.8 Å². The third-order valence-corrected chi connectivity index (χ3v) is 6.51. The molecule has 4 rings (SSSR count). The second-order valence-electron chi connectivity index (χ2n) is 6.59. The first kappa shape index (κ1) is 16.2. The van der Waals surface area contributed by atoms with Crippen LogP contribution in [0.2, 0.25) is 0 Å². The fourth-order valence-electron chi connectivity index (χ4n) is 3.48. The van der Waals surface area contributed by atoms with E-state index in [9.17, 15) is 8.42 Å². The molecular formula is C18H20N4O2S. The fraction of sp³-hybridized carbons (Fsp3) is 0.333. The summed E-state index contributed by atoms with van der Waals surface area (Å²) >= 11 is 0. The predicted molar refractivity (Wildman–Crippen MR) is 95.5 cm³/mol. The van der Waals surface area contributed by atoms with Crippen LogP contribution in [0.15, 0.2) is 54.1 Å². The Morgan fingerprint density at radius 3 is 2.84 bits per heavy atom. The summed E-state index contributed by atoms with van der Waals surface area (Å²) in [6.45, 7) is 1.07. The van der Waals surface area contributed by atoms with Crippen molar-refractivity contribution in [3.05, 3.63) is 54.6 Å². The van der Waals surface area contributed by atoms with Crippen LogP contribution >= 0.6 is 0 Å². The van der Waals surface area contributed by atoms with Gasteiger partial charge in [-0.2, -0.15) is 4.31 Å². The zero-order valence-electron chi connectivity index (χ0n) is 14.0. The Hall–Kier alpha value is -2.25. The van der Waals surface area contributed by atoms with Gasteiger partial charge in [-0.1, -0.05) is 24.3 Å². The maximum absolute atomic E-state index is 12.7. The van der Waals surface area contributed by atoms with Gasteiger partial charge in [0.2, 0.25) is 0 Å². The summed E-state index contributed by atoms with van der Waals surface area (Å²) in [5.41, 5.74) is 2.19. The molecule has 1 atom stereocenters. The summed E-state index contributed by atoms with van der Waals surface area (Å²) in [6.07, 6.45) is 6.57. The number of pyridine rings is 1. The first-order valence-corrected chi connectivity index (χ1v) is 9.79. The van der Waals surface area contributed by atoms with Crippen molar-refractivity contribution in [2.45, 2.75) is 17.9 Å². The number of aromatic nitrogens is 3. The van der Waals surface area contributed by atoms with Gasteiger partial charge >= 0.3 is 0 Å². The molecule has 1 saturated heterocycles. The van der Waals surface area contributed by atoms with E-state index in [-0.39, 0.29) is 5.03 Å². The van der Waals surface area contributed by atoms with Crippen LogP contribution in [-0.4, -0.2) is 40.3 Å². The maximum Gasteiger partial charge on any atom is 0.262 e. The summed E-state index contributed by atoms with van der Waals surface area (Å²) in [7, 11) is -1.73. The topological polar surface area (TPSA) is 68.1 Å². The maximum atomic E-state index is 12.7. The van der Waals surface area contributed by atoms with E-state index in [1.807, 2.05) is 12.1 Å². The molecule has 7 heteroatoms. The summed E-state index contributed by atoms with van der Waals surface area (Å²) < 4.78 is 28.6. The van der Waals surface area contributed by atoms with E-state index in [0.717, 1.165) is 23.7 Å². The van der Waals surface area contributed by atoms with Crippen molar-refractivity contribution < 1.29 is 8.42 Å². The molecule has 1 fully saturated rings. The van der Waals surface area contributed by atoms with Crippen molar-refractivity contribution >= 4 is 20.9 Å². The van der Waals surface area contributed by atoms with Crippen LogP contribution in [0.5, 0.6) is 0 Å². The molecule has 3 heterocycles. The van der Waals surface area contributed by atoms with Gasteiger partial charge in [0.25, 0.3) is 10.0 Å². The Labute approximate surface area is 147 Å². The van der Waals surface area contributed by atoms with E-state index < -0.39 is 10.0 Å². The molecule has 3 aromatic rings. The second kappa shape index (κ2) is 6.24. The number of imidazole rings is 1. The molecule has 0 saturated carbocycles. The number of hydrogen-bond donors (Lipinski definition) is 0. The third-order valence-electron chi connectivity index (χ3n) is 4.76. The number of hydrogen-bond acceptors (Lipinski definition) is 4. The van der Waals surface area contributed by atoms with Crippen LogP contribution in [0.1, 0.15) is 12.0 Å². The van der Waals surface area contributed by atoms with Crippen molar-refractivity contribution in [3.63, 3.8) is 0 Å². The van der Waals surface area contributed by atoms with E-state index in [1.165, 1.54) is 11.9 Å². The van der Waals surface area contributed by atoms with E-state index in [0.29, 0.717) is 19.0 Å². The van der Waals surface area contributed by atoms with E-state index in [1.54, 1.807) is 28.3 Å². The summed E-state index contributed by atoms with van der Waals surface area (Å²) in [6, 6.07) is 10.2. The normalized spacial score (nSPS) is 18.8. The highest BCUT2D eigenvalue weighted by molar-refractivity contribution is 7.89. The molecule has 0 aliphatic carbocycles. The lowest BCUT2D eigenvalue weighted by atomic mass is 9.97. The molecule has 6 nitrogen and oxygen atoms in total. The van der Waals surface area contributed by atoms with Crippen molar-refractivity contribution in [3.8, 4) is 0 Å². The number of rotatable bonds is 4. The molecular weight excluding hydrogens is 336 g/mol. The van der Waals surface area contributed by atoms with E-state index >= 15 is 0 Å². The molecule has 1 aromatic carbocycles. The Morgan fingerprint density at radius 1 is 1.20 bits per heavy atom. The van der Waals surface area contributed by atoms with Crippen molar-refractivity contribution in [1.29, 1.82) is 0 Å². The van der Waals surface area contributed by atoms with Gasteiger partial charge in [-0.15, -0.1) is 0 Å². The SMILES string of the molecule is Cn1cnc(S(=O)(=O)N2CC[C@H](Cc3cccc4cccnc34)C2)c1. The average molecular weight is 356 g/mol. The van der Waals surface area contributed by atoms with Gasteiger partial charge in [-0.25, -0.2) is 13.4 Å². The summed E-state index contributed by atoms with van der Waals surface area (Å²) in [5.74, 6) is 0.297. The van der Waals surface area contributed by atoms with Crippen LogP contribution < -0.4 is 0 Å².